The summed E-state index contributed by atoms with van der Waals surface area (Å²) in [5.41, 5.74) is 0. The molecule has 1 saturated heterocycles. The fraction of sp³-hybridized carbons (Fsp3) is 0.909. The molecule has 0 amide bonds. The van der Waals surface area contributed by atoms with E-state index < -0.39 is 16.2 Å². The minimum absolute atomic E-state index is 0.0176. The number of hydrogen-bond donors (Lipinski definition) is 1. The quantitative estimate of drug-likeness (QED) is 0.697. The minimum atomic E-state index is -3.53. The number of carbonyl (C=O) groups excluding carboxylic acids is 1. The van der Waals surface area contributed by atoms with Gasteiger partial charge >= 0.3 is 5.97 Å². The van der Waals surface area contributed by atoms with Gasteiger partial charge in [-0.25, -0.2) is 4.72 Å². The topological polar surface area (TPSA) is 75.7 Å². The summed E-state index contributed by atoms with van der Waals surface area (Å²) in [5.74, 6) is 0.663. The highest BCUT2D eigenvalue weighted by Crippen LogP contribution is 2.37. The second-order valence-corrected chi connectivity index (χ2v) is 8.42. The van der Waals surface area contributed by atoms with Crippen molar-refractivity contribution in [1.29, 1.82) is 0 Å². The van der Waals surface area contributed by atoms with Crippen LogP contribution in [0.2, 0.25) is 0 Å². The maximum atomic E-state index is 12.0. The molecule has 6 nitrogen and oxygen atoms in total. The fourth-order valence-corrected chi connectivity index (χ4v) is 4.19. The average Bonchev–Trinajstić information content (AvgIpc) is 2.80. The second kappa shape index (κ2) is 6.92. The van der Waals surface area contributed by atoms with E-state index >= 15 is 0 Å². The van der Waals surface area contributed by atoms with Crippen LogP contribution >= 0.6 is 11.8 Å². The summed E-state index contributed by atoms with van der Waals surface area (Å²) < 4.78 is 32.2. The van der Waals surface area contributed by atoms with Crippen LogP contribution < -0.4 is 4.72 Å². The van der Waals surface area contributed by atoms with E-state index in [1.54, 1.807) is 11.8 Å². The summed E-state index contributed by atoms with van der Waals surface area (Å²) in [6.07, 6.45) is 2.20. The standard InChI is InChI=1S/C11H22N2O4S2/c1-11(6-4-8-18-11)9-12-19(15,16)13(2)7-5-10(14)17-3/h12H,4-9H2,1-3H3. The monoisotopic (exact) mass is 310 g/mol. The molecule has 0 saturated carbocycles. The van der Waals surface area contributed by atoms with Gasteiger partial charge in [-0.3, -0.25) is 4.79 Å². The highest BCUT2D eigenvalue weighted by molar-refractivity contribution is 8.00. The van der Waals surface area contributed by atoms with Gasteiger partial charge in [-0.15, -0.1) is 0 Å². The summed E-state index contributed by atoms with van der Waals surface area (Å²) in [6, 6.07) is 0. The molecule has 0 aliphatic carbocycles. The Bertz CT molecular complexity index is 405. The van der Waals surface area contributed by atoms with Crippen molar-refractivity contribution in [3.05, 3.63) is 0 Å². The van der Waals surface area contributed by atoms with Gasteiger partial charge in [0.05, 0.1) is 13.5 Å². The molecule has 0 aromatic rings. The third-order valence-corrected chi connectivity index (χ3v) is 6.25. The lowest BCUT2D eigenvalue weighted by atomic mass is 10.1. The van der Waals surface area contributed by atoms with Crippen LogP contribution in [-0.2, 0) is 19.7 Å². The number of thioether (sulfide) groups is 1. The van der Waals surface area contributed by atoms with Gasteiger partial charge in [0, 0.05) is 24.9 Å². The molecule has 1 aliphatic heterocycles. The highest BCUT2D eigenvalue weighted by Gasteiger charge is 2.31. The van der Waals surface area contributed by atoms with E-state index in [9.17, 15) is 13.2 Å². The zero-order valence-electron chi connectivity index (χ0n) is 11.6. The van der Waals surface area contributed by atoms with Crippen molar-refractivity contribution in [3.63, 3.8) is 0 Å². The Morgan fingerprint density at radius 1 is 1.53 bits per heavy atom. The Hall–Kier alpha value is -0.310. The van der Waals surface area contributed by atoms with Gasteiger partial charge < -0.3 is 4.74 Å². The van der Waals surface area contributed by atoms with E-state index in [0.29, 0.717) is 6.54 Å². The van der Waals surface area contributed by atoms with Crippen molar-refractivity contribution >= 4 is 27.9 Å². The molecule has 19 heavy (non-hydrogen) atoms. The largest absolute Gasteiger partial charge is 0.469 e. The number of esters is 1. The molecule has 8 heteroatoms. The van der Waals surface area contributed by atoms with Crippen LogP contribution in [0.15, 0.2) is 0 Å². The molecule has 0 radical (unpaired) electrons. The number of carbonyl (C=O) groups is 1. The average molecular weight is 310 g/mol. The van der Waals surface area contributed by atoms with Crippen LogP contribution in [-0.4, -0.2) is 56.4 Å². The Labute approximate surface area is 119 Å². The molecule has 0 spiro atoms. The van der Waals surface area contributed by atoms with E-state index in [1.807, 2.05) is 0 Å². The Morgan fingerprint density at radius 3 is 2.74 bits per heavy atom. The first-order chi connectivity index (χ1) is 8.79. The van der Waals surface area contributed by atoms with Gasteiger partial charge in [0.2, 0.25) is 0 Å². The lowest BCUT2D eigenvalue weighted by Gasteiger charge is -2.25. The van der Waals surface area contributed by atoms with E-state index in [2.05, 4.69) is 16.4 Å². The zero-order chi connectivity index (χ0) is 14.5. The Morgan fingerprint density at radius 2 is 2.21 bits per heavy atom. The van der Waals surface area contributed by atoms with Crippen LogP contribution in [0.5, 0.6) is 0 Å². The van der Waals surface area contributed by atoms with Crippen LogP contribution in [0.1, 0.15) is 26.2 Å². The number of hydrogen-bond acceptors (Lipinski definition) is 5. The van der Waals surface area contributed by atoms with Crippen LogP contribution in [0.3, 0.4) is 0 Å². The van der Waals surface area contributed by atoms with Gasteiger partial charge in [0.1, 0.15) is 0 Å². The summed E-state index contributed by atoms with van der Waals surface area (Å²) in [6.45, 7) is 2.61. The number of nitrogens with one attached hydrogen (secondary N) is 1. The SMILES string of the molecule is COC(=O)CCN(C)S(=O)(=O)NCC1(C)CCCS1. The predicted octanol–water partition coefficient (Wildman–Crippen LogP) is 0.601. The zero-order valence-corrected chi connectivity index (χ0v) is 13.3. The third-order valence-electron chi connectivity index (χ3n) is 3.20. The molecule has 1 unspecified atom stereocenters. The van der Waals surface area contributed by atoms with Gasteiger partial charge in [-0.2, -0.15) is 24.5 Å². The number of methoxy groups -OCH3 is 1. The fourth-order valence-electron chi connectivity index (χ4n) is 1.80. The van der Waals surface area contributed by atoms with Crippen molar-refractivity contribution in [1.82, 2.24) is 9.03 Å². The van der Waals surface area contributed by atoms with Crippen molar-refractivity contribution in [2.24, 2.45) is 0 Å². The van der Waals surface area contributed by atoms with Gasteiger partial charge in [0.15, 0.2) is 0 Å². The lowest BCUT2D eigenvalue weighted by molar-refractivity contribution is -0.140. The van der Waals surface area contributed by atoms with Crippen LogP contribution in [0.4, 0.5) is 0 Å². The summed E-state index contributed by atoms with van der Waals surface area (Å²) >= 11 is 1.80. The smallest absolute Gasteiger partial charge is 0.306 e. The van der Waals surface area contributed by atoms with Gasteiger partial charge in [-0.1, -0.05) is 0 Å². The first-order valence-corrected chi connectivity index (χ1v) is 8.63. The first-order valence-electron chi connectivity index (χ1n) is 6.21. The molecular weight excluding hydrogens is 288 g/mol. The maximum absolute atomic E-state index is 12.0. The molecule has 1 rings (SSSR count). The maximum Gasteiger partial charge on any atom is 0.306 e. The van der Waals surface area contributed by atoms with E-state index in [-0.39, 0.29) is 17.7 Å². The molecule has 112 valence electrons. The first kappa shape index (κ1) is 16.7. The van der Waals surface area contributed by atoms with Gasteiger partial charge in [-0.05, 0) is 25.5 Å². The molecule has 1 aliphatic rings. The molecule has 0 aromatic carbocycles. The Kier molecular flexibility index (Phi) is 6.10. The summed E-state index contributed by atoms with van der Waals surface area (Å²) in [4.78, 5) is 11.0. The predicted molar refractivity (Wildman–Crippen MR) is 76.3 cm³/mol. The molecule has 1 atom stereocenters. The number of ether oxygens (including phenoxy) is 1. The molecule has 1 heterocycles. The van der Waals surface area contributed by atoms with Crippen LogP contribution in [0.25, 0.3) is 0 Å². The second-order valence-electron chi connectivity index (χ2n) is 4.88. The normalized spacial score (nSPS) is 23.8. The van der Waals surface area contributed by atoms with Crippen molar-refractivity contribution in [3.8, 4) is 0 Å². The lowest BCUT2D eigenvalue weighted by Crippen LogP contribution is -2.44. The summed E-state index contributed by atoms with van der Waals surface area (Å²) in [5, 5.41) is 0. The molecule has 1 N–H and O–H groups in total. The van der Waals surface area contributed by atoms with Crippen LogP contribution in [0, 0.1) is 0 Å². The Balaban J connectivity index is 2.43. The highest BCUT2D eigenvalue weighted by atomic mass is 32.2. The minimum Gasteiger partial charge on any atom is -0.469 e. The molecule has 1 fully saturated rings. The number of rotatable bonds is 7. The summed E-state index contributed by atoms with van der Waals surface area (Å²) in [7, 11) is -0.789. The van der Waals surface area contributed by atoms with Gasteiger partial charge in [0.25, 0.3) is 10.2 Å². The third kappa shape index (κ3) is 5.29. The van der Waals surface area contributed by atoms with E-state index in [0.717, 1.165) is 22.9 Å². The van der Waals surface area contributed by atoms with Crippen molar-refractivity contribution < 1.29 is 17.9 Å². The molecule has 0 aromatic heterocycles. The molecular formula is C11H22N2O4S2. The van der Waals surface area contributed by atoms with Crippen molar-refractivity contribution in [2.75, 3.05) is 33.0 Å². The van der Waals surface area contributed by atoms with Crippen molar-refractivity contribution in [2.45, 2.75) is 30.9 Å². The van der Waals surface area contributed by atoms with E-state index in [1.165, 1.54) is 14.2 Å². The van der Waals surface area contributed by atoms with E-state index in [4.69, 9.17) is 0 Å². The number of nitrogens with zero attached hydrogens (tertiary/aromatic N) is 1. The molecule has 0 bridgehead atoms.